The monoisotopic (exact) mass is 754 g/mol. The lowest BCUT2D eigenvalue weighted by atomic mass is 9.76. The second-order valence-corrected chi connectivity index (χ2v) is 16.1. The fraction of sp³-hybridized carbons (Fsp3) is 0.667. The van der Waals surface area contributed by atoms with E-state index in [1.807, 2.05) is 76.2 Å². The van der Waals surface area contributed by atoms with Crippen molar-refractivity contribution in [3.63, 3.8) is 0 Å². The van der Waals surface area contributed by atoms with Gasteiger partial charge in [0.1, 0.15) is 23.7 Å². The van der Waals surface area contributed by atoms with Crippen LogP contribution < -0.4 is 0 Å². The zero-order valence-corrected chi connectivity index (χ0v) is 33.7. The third kappa shape index (κ3) is 10.2. The second-order valence-electron chi connectivity index (χ2n) is 16.1. The van der Waals surface area contributed by atoms with E-state index in [-0.39, 0.29) is 44.6 Å². The summed E-state index contributed by atoms with van der Waals surface area (Å²) in [6.45, 7) is 17.8. The van der Waals surface area contributed by atoms with Gasteiger partial charge < -0.3 is 38.8 Å². The van der Waals surface area contributed by atoms with Gasteiger partial charge in [-0.2, -0.15) is 0 Å². The maximum absolute atomic E-state index is 14.4. The van der Waals surface area contributed by atoms with Gasteiger partial charge in [0.05, 0.1) is 37.1 Å². The van der Waals surface area contributed by atoms with Crippen molar-refractivity contribution in [1.82, 2.24) is 4.90 Å². The number of amides is 1. The summed E-state index contributed by atoms with van der Waals surface area (Å²) >= 11 is 0. The van der Waals surface area contributed by atoms with Gasteiger partial charge >= 0.3 is 5.97 Å². The molecule has 300 valence electrons. The molecule has 12 atom stereocenters. The molecule has 1 aromatic rings. The molecule has 0 aromatic heterocycles. The van der Waals surface area contributed by atoms with Crippen molar-refractivity contribution in [3.8, 4) is 0 Å². The lowest BCUT2D eigenvalue weighted by Crippen LogP contribution is -2.59. The van der Waals surface area contributed by atoms with Crippen LogP contribution in [0.3, 0.4) is 0 Å². The lowest BCUT2D eigenvalue weighted by Gasteiger charge is -2.47. The Bertz CT molecular complexity index is 1560. The first-order valence-corrected chi connectivity index (χ1v) is 19.2. The Morgan fingerprint density at radius 1 is 1.11 bits per heavy atom. The van der Waals surface area contributed by atoms with E-state index in [0.717, 1.165) is 5.56 Å². The molecule has 1 amide bonds. The average molecular weight is 755 g/mol. The van der Waals surface area contributed by atoms with Crippen molar-refractivity contribution in [1.29, 1.82) is 0 Å². The Morgan fingerprint density at radius 2 is 1.78 bits per heavy atom. The third-order valence-corrected chi connectivity index (χ3v) is 11.3. The molecular weight excluding hydrogens is 692 g/mol. The topological polar surface area (TPSA) is 153 Å². The van der Waals surface area contributed by atoms with Crippen LogP contribution in [0.1, 0.15) is 86.6 Å². The molecule has 2 N–H and O–H groups in total. The smallest absolute Gasteiger partial charge is 0.316 e. The van der Waals surface area contributed by atoms with Gasteiger partial charge in [0.2, 0.25) is 5.91 Å². The molecule has 3 fully saturated rings. The summed E-state index contributed by atoms with van der Waals surface area (Å²) in [5.41, 5.74) is -0.351. The van der Waals surface area contributed by atoms with Crippen molar-refractivity contribution in [3.05, 3.63) is 54.1 Å². The summed E-state index contributed by atoms with van der Waals surface area (Å²) < 4.78 is 32.5. The van der Waals surface area contributed by atoms with Gasteiger partial charge in [0.25, 0.3) is 0 Å². The minimum atomic E-state index is -1.76. The molecule has 4 rings (SSSR count). The number of carbonyl (C=O) groups is 3. The highest BCUT2D eigenvalue weighted by atomic mass is 16.7. The number of allylic oxidation sites excluding steroid dienone is 2. The molecule has 3 saturated heterocycles. The van der Waals surface area contributed by atoms with Crippen molar-refractivity contribution in [2.75, 3.05) is 27.3 Å². The number of hydrogen-bond acceptors (Lipinski definition) is 11. The number of cyclic esters (lactones) is 1. The number of Topliss-reactive ketones (excluding diaryl/α,β-unsaturated/α-hetero) is 1. The highest BCUT2D eigenvalue weighted by Crippen LogP contribution is 2.39. The lowest BCUT2D eigenvalue weighted by molar-refractivity contribution is -0.296. The van der Waals surface area contributed by atoms with E-state index in [0.29, 0.717) is 23.3 Å². The number of aliphatic hydroxyl groups excluding tert-OH is 1. The molecular formula is C42H62N2O10. The number of aliphatic imine (C=N–C) groups is 1. The largest absolute Gasteiger partial charge is 0.459 e. The van der Waals surface area contributed by atoms with Gasteiger partial charge in [-0.15, -0.1) is 0 Å². The van der Waals surface area contributed by atoms with Crippen LogP contribution in [0.25, 0.3) is 5.57 Å². The zero-order valence-electron chi connectivity index (χ0n) is 33.7. The molecule has 3 aliphatic rings. The molecule has 3 heterocycles. The van der Waals surface area contributed by atoms with Crippen molar-refractivity contribution in [2.45, 2.75) is 135 Å². The highest BCUT2D eigenvalue weighted by Gasteiger charge is 2.51. The van der Waals surface area contributed by atoms with Crippen LogP contribution in [0.5, 0.6) is 0 Å². The zero-order chi connectivity index (χ0) is 40.1. The normalized spacial score (nSPS) is 39.1. The standard InChI is InChI=1S/C42H62N2O10/c1-12-34-42(9,49)35-20-32(43-29(7)45)25(3)21-41(8,51-23-30(22-50-35)18-24(2)31-16-14-13-15-17-31)38(27(5)36(46)28(6)39(48)53-34)54-40-37(47)33(44(10)11)19-26(4)52-40/h13-18,25-28,33-35,37-38,40,47,49H,2,12,19-23H2,1,3-11H3/b30-18-,43-32?/t25-,26-,27+,28-,33+,34-,35-,37-,38-,40+,41-,42-/m1/s1. The van der Waals surface area contributed by atoms with Gasteiger partial charge in [-0.1, -0.05) is 63.8 Å². The first-order chi connectivity index (χ1) is 25.3. The predicted octanol–water partition coefficient (Wildman–Crippen LogP) is 4.94. The number of fused-ring (bicyclic) bond motifs is 5. The number of nitrogens with zero attached hydrogens (tertiary/aromatic N) is 2. The van der Waals surface area contributed by atoms with E-state index in [4.69, 9.17) is 23.7 Å². The van der Waals surface area contributed by atoms with Crippen molar-refractivity contribution >= 4 is 28.9 Å². The van der Waals surface area contributed by atoms with Gasteiger partial charge in [-0.3, -0.25) is 14.4 Å². The minimum absolute atomic E-state index is 0.0108. The number of carbonyl (C=O) groups excluding carboxylic acids is 3. The summed E-state index contributed by atoms with van der Waals surface area (Å²) in [6.07, 6.45) is -2.72. The van der Waals surface area contributed by atoms with Gasteiger partial charge in [0, 0.05) is 31.0 Å². The van der Waals surface area contributed by atoms with E-state index in [1.54, 1.807) is 20.8 Å². The summed E-state index contributed by atoms with van der Waals surface area (Å²) in [4.78, 5) is 47.2. The van der Waals surface area contributed by atoms with Crippen LogP contribution in [-0.2, 0) is 38.1 Å². The fourth-order valence-corrected chi connectivity index (χ4v) is 8.05. The number of rotatable bonds is 6. The molecule has 12 heteroatoms. The summed E-state index contributed by atoms with van der Waals surface area (Å²) in [5, 5.41) is 23.8. The Labute approximate surface area is 320 Å². The number of ketones is 1. The maximum atomic E-state index is 14.4. The Balaban J connectivity index is 1.96. The molecule has 12 nitrogen and oxygen atoms in total. The van der Waals surface area contributed by atoms with Crippen LogP contribution in [-0.4, -0.2) is 120 Å². The number of likely N-dealkylation sites (N-methyl/N-ethyl adjacent to an activating group) is 1. The quantitative estimate of drug-likeness (QED) is 0.300. The summed E-state index contributed by atoms with van der Waals surface area (Å²) in [7, 11) is 3.76. The molecule has 2 bridgehead atoms. The number of esters is 1. The van der Waals surface area contributed by atoms with E-state index in [1.165, 1.54) is 13.8 Å². The van der Waals surface area contributed by atoms with E-state index in [9.17, 15) is 24.6 Å². The summed E-state index contributed by atoms with van der Waals surface area (Å²) in [5.74, 6) is -4.35. The first-order valence-electron chi connectivity index (χ1n) is 19.2. The molecule has 0 saturated carbocycles. The highest BCUT2D eigenvalue weighted by molar-refractivity contribution is 6.00. The first kappa shape index (κ1) is 43.6. The molecule has 0 spiro atoms. The Kier molecular flexibility index (Phi) is 14.7. The summed E-state index contributed by atoms with van der Waals surface area (Å²) in [6, 6.07) is 9.36. The van der Waals surface area contributed by atoms with Crippen LogP contribution >= 0.6 is 0 Å². The average Bonchev–Trinajstić information content (AvgIpc) is 3.13. The number of ether oxygens (including phenoxy) is 5. The van der Waals surface area contributed by atoms with Crippen LogP contribution in [0.15, 0.2) is 53.6 Å². The van der Waals surface area contributed by atoms with Gasteiger partial charge in [0.15, 0.2) is 12.1 Å². The Hall–Kier alpha value is -3.10. The van der Waals surface area contributed by atoms with E-state index in [2.05, 4.69) is 11.6 Å². The number of hydrogen-bond donors (Lipinski definition) is 2. The molecule has 3 aliphatic heterocycles. The third-order valence-electron chi connectivity index (χ3n) is 11.3. The van der Waals surface area contributed by atoms with Crippen LogP contribution in [0.4, 0.5) is 0 Å². The maximum Gasteiger partial charge on any atom is 0.316 e. The molecule has 0 aliphatic carbocycles. The predicted molar refractivity (Wildman–Crippen MR) is 206 cm³/mol. The van der Waals surface area contributed by atoms with E-state index >= 15 is 0 Å². The van der Waals surface area contributed by atoms with Crippen molar-refractivity contribution < 1.29 is 48.3 Å². The molecule has 0 radical (unpaired) electrons. The van der Waals surface area contributed by atoms with Gasteiger partial charge in [-0.25, -0.2) is 4.99 Å². The SMILES string of the molecule is C=C(/C=C1/CO[C@@H]2CC(=NC(C)=O)[C@H](C)C[C@@](C)(OC1)[C@H](O[C@@H]1O[C@H](C)C[C@H](N(C)C)[C@H]1O)[C@@H](C)C(=O)[C@@H](C)C(=O)O[C@H](CC)[C@@]2(C)O)c1ccccc1. The van der Waals surface area contributed by atoms with Crippen LogP contribution in [0.2, 0.25) is 0 Å². The van der Waals surface area contributed by atoms with Crippen molar-refractivity contribution in [2.24, 2.45) is 22.7 Å². The number of benzene rings is 1. The second kappa shape index (κ2) is 18.2. The van der Waals surface area contributed by atoms with Crippen LogP contribution in [0, 0.1) is 17.8 Å². The van der Waals surface area contributed by atoms with E-state index < -0.39 is 77.3 Å². The molecule has 0 unspecified atom stereocenters. The minimum Gasteiger partial charge on any atom is -0.459 e. The fourth-order valence-electron chi connectivity index (χ4n) is 8.05. The Morgan fingerprint density at radius 3 is 2.39 bits per heavy atom. The molecule has 1 aromatic carbocycles. The molecule has 54 heavy (non-hydrogen) atoms. The number of aliphatic hydroxyl groups is 2. The van der Waals surface area contributed by atoms with Gasteiger partial charge in [-0.05, 0) is 83.7 Å².